The number of sulfonamides is 1. The number of halogens is 1. The molecule has 0 saturated carbocycles. The number of ether oxygens (including phenoxy) is 1. The zero-order valence-electron chi connectivity index (χ0n) is 11.7. The molecule has 0 bridgehead atoms. The molecule has 0 fully saturated rings. The molecule has 2 rings (SSSR count). The van der Waals surface area contributed by atoms with Gasteiger partial charge in [0.25, 0.3) is 10.0 Å². The van der Waals surface area contributed by atoms with Crippen LogP contribution in [0.3, 0.4) is 0 Å². The highest BCUT2D eigenvalue weighted by Crippen LogP contribution is 2.29. The number of methoxy groups -OCH3 is 1. The van der Waals surface area contributed by atoms with Crippen LogP contribution in [0.4, 0.5) is 15.9 Å². The lowest BCUT2D eigenvalue weighted by Crippen LogP contribution is -2.15. The number of hydrogen-bond donors (Lipinski definition) is 3. The van der Waals surface area contributed by atoms with Gasteiger partial charge in [0, 0.05) is 11.3 Å². The molecule has 1 aromatic carbocycles. The van der Waals surface area contributed by atoms with Crippen LogP contribution in [0.25, 0.3) is 0 Å². The molecule has 0 unspecified atom stereocenters. The zero-order chi connectivity index (χ0) is 15.8. The number of aromatic nitrogens is 2. The van der Waals surface area contributed by atoms with Gasteiger partial charge in [-0.2, -0.15) is 5.10 Å². The molecule has 0 aliphatic heterocycles. The fourth-order valence-corrected chi connectivity index (χ4v) is 2.84. The maximum atomic E-state index is 13.7. The van der Waals surface area contributed by atoms with Crippen molar-refractivity contribution in [2.24, 2.45) is 0 Å². The molecule has 9 heteroatoms. The normalized spacial score (nSPS) is 11.4. The summed E-state index contributed by atoms with van der Waals surface area (Å²) >= 11 is 0. The van der Waals surface area contributed by atoms with E-state index in [4.69, 9.17) is 10.5 Å². The Balaban J connectivity index is 2.43. The van der Waals surface area contributed by atoms with Crippen LogP contribution >= 0.6 is 0 Å². The predicted octanol–water partition coefficient (Wildman–Crippen LogP) is 1.56. The van der Waals surface area contributed by atoms with Crippen LogP contribution < -0.4 is 15.2 Å². The Bertz CT molecular complexity index is 763. The lowest BCUT2D eigenvalue weighted by Gasteiger charge is -2.10. The Morgan fingerprint density at radius 2 is 2.05 bits per heavy atom. The van der Waals surface area contributed by atoms with Crippen LogP contribution in [0.1, 0.15) is 11.3 Å². The SMILES string of the molecule is COc1c(N)cc(S(=O)(=O)Nc2n[nH]c(C)c2C)cc1F. The van der Waals surface area contributed by atoms with E-state index in [-0.39, 0.29) is 22.2 Å². The van der Waals surface area contributed by atoms with Gasteiger partial charge in [0.1, 0.15) is 0 Å². The number of nitrogens with two attached hydrogens (primary N) is 1. The van der Waals surface area contributed by atoms with Crippen molar-refractivity contribution in [1.29, 1.82) is 0 Å². The molecule has 0 atom stereocenters. The Hall–Kier alpha value is -2.29. The molecule has 4 N–H and O–H groups in total. The summed E-state index contributed by atoms with van der Waals surface area (Å²) in [6.45, 7) is 3.46. The van der Waals surface area contributed by atoms with Crippen molar-refractivity contribution in [2.45, 2.75) is 18.7 Å². The van der Waals surface area contributed by atoms with Gasteiger partial charge in [-0.25, -0.2) is 12.8 Å². The number of nitrogens with zero attached hydrogens (tertiary/aromatic N) is 1. The van der Waals surface area contributed by atoms with Gasteiger partial charge in [0.2, 0.25) is 0 Å². The molecule has 0 saturated heterocycles. The average Bonchev–Trinajstić information content (AvgIpc) is 2.70. The fraction of sp³-hybridized carbons (Fsp3) is 0.250. The first-order chi connectivity index (χ1) is 9.76. The summed E-state index contributed by atoms with van der Waals surface area (Å²) in [6.07, 6.45) is 0. The highest BCUT2D eigenvalue weighted by molar-refractivity contribution is 7.92. The molecule has 7 nitrogen and oxygen atoms in total. The summed E-state index contributed by atoms with van der Waals surface area (Å²) < 4.78 is 45.3. The maximum Gasteiger partial charge on any atom is 0.263 e. The summed E-state index contributed by atoms with van der Waals surface area (Å²) in [4.78, 5) is -0.307. The van der Waals surface area contributed by atoms with E-state index < -0.39 is 15.8 Å². The monoisotopic (exact) mass is 314 g/mol. The quantitative estimate of drug-likeness (QED) is 0.742. The first kappa shape index (κ1) is 15.1. The second-order valence-electron chi connectivity index (χ2n) is 4.46. The van der Waals surface area contributed by atoms with Crippen molar-refractivity contribution >= 4 is 21.5 Å². The third-order valence-corrected chi connectivity index (χ3v) is 4.36. The number of aryl methyl sites for hydroxylation is 1. The smallest absolute Gasteiger partial charge is 0.263 e. The van der Waals surface area contributed by atoms with E-state index in [1.807, 2.05) is 0 Å². The number of nitrogen functional groups attached to an aromatic ring is 1. The number of hydrogen-bond acceptors (Lipinski definition) is 5. The number of nitrogens with one attached hydrogen (secondary N) is 2. The second kappa shape index (κ2) is 5.24. The molecule has 0 amide bonds. The van der Waals surface area contributed by atoms with Gasteiger partial charge in [-0.3, -0.25) is 9.82 Å². The van der Waals surface area contributed by atoms with Gasteiger partial charge >= 0.3 is 0 Å². The minimum absolute atomic E-state index is 0.104. The second-order valence-corrected chi connectivity index (χ2v) is 6.14. The first-order valence-corrected chi connectivity index (χ1v) is 7.42. The third kappa shape index (κ3) is 2.77. The number of benzene rings is 1. The number of anilines is 2. The first-order valence-electron chi connectivity index (χ1n) is 5.93. The van der Waals surface area contributed by atoms with E-state index in [9.17, 15) is 12.8 Å². The Labute approximate surface area is 121 Å². The highest BCUT2D eigenvalue weighted by Gasteiger charge is 2.21. The average molecular weight is 314 g/mol. The molecule has 0 aliphatic rings. The van der Waals surface area contributed by atoms with Crippen LogP contribution in [-0.2, 0) is 10.0 Å². The highest BCUT2D eigenvalue weighted by atomic mass is 32.2. The van der Waals surface area contributed by atoms with E-state index >= 15 is 0 Å². The van der Waals surface area contributed by atoms with Crippen LogP contribution in [0.2, 0.25) is 0 Å². The Morgan fingerprint density at radius 1 is 1.38 bits per heavy atom. The molecule has 0 aliphatic carbocycles. The summed E-state index contributed by atoms with van der Waals surface area (Å²) in [7, 11) is -2.75. The Morgan fingerprint density at radius 3 is 2.52 bits per heavy atom. The number of H-pyrrole nitrogens is 1. The van der Waals surface area contributed by atoms with Gasteiger partial charge in [0.15, 0.2) is 17.4 Å². The molecule has 114 valence electrons. The topological polar surface area (TPSA) is 110 Å². The maximum absolute atomic E-state index is 13.7. The van der Waals surface area contributed by atoms with Crippen molar-refractivity contribution in [3.63, 3.8) is 0 Å². The molecular formula is C12H15FN4O3S. The molecule has 1 heterocycles. The van der Waals surface area contributed by atoms with Gasteiger partial charge in [-0.1, -0.05) is 0 Å². The summed E-state index contributed by atoms with van der Waals surface area (Å²) in [6, 6.07) is 1.96. The summed E-state index contributed by atoms with van der Waals surface area (Å²) in [5, 5.41) is 6.50. The molecule has 0 spiro atoms. The predicted molar refractivity (Wildman–Crippen MR) is 76.2 cm³/mol. The lowest BCUT2D eigenvalue weighted by atomic mass is 10.3. The minimum atomic E-state index is -4.00. The molecule has 2 aromatic rings. The molecule has 21 heavy (non-hydrogen) atoms. The Kier molecular flexibility index (Phi) is 3.77. The van der Waals surface area contributed by atoms with Crippen molar-refractivity contribution in [3.05, 3.63) is 29.2 Å². The van der Waals surface area contributed by atoms with E-state index in [1.54, 1.807) is 13.8 Å². The van der Waals surface area contributed by atoms with Crippen molar-refractivity contribution < 1.29 is 17.5 Å². The molecular weight excluding hydrogens is 299 g/mol. The van der Waals surface area contributed by atoms with E-state index in [2.05, 4.69) is 14.9 Å². The fourth-order valence-electron chi connectivity index (χ4n) is 1.73. The zero-order valence-corrected chi connectivity index (χ0v) is 12.5. The minimum Gasteiger partial charge on any atom is -0.492 e. The summed E-state index contributed by atoms with van der Waals surface area (Å²) in [5.74, 6) is -0.893. The summed E-state index contributed by atoms with van der Waals surface area (Å²) in [5.41, 5.74) is 6.86. The van der Waals surface area contributed by atoms with Gasteiger partial charge in [-0.15, -0.1) is 0 Å². The molecule has 1 aromatic heterocycles. The van der Waals surface area contributed by atoms with E-state index in [1.165, 1.54) is 7.11 Å². The third-order valence-electron chi connectivity index (χ3n) is 3.04. The van der Waals surface area contributed by atoms with Crippen molar-refractivity contribution in [2.75, 3.05) is 17.6 Å². The largest absolute Gasteiger partial charge is 0.492 e. The lowest BCUT2D eigenvalue weighted by molar-refractivity contribution is 0.388. The van der Waals surface area contributed by atoms with E-state index in [0.717, 1.165) is 17.8 Å². The van der Waals surface area contributed by atoms with Gasteiger partial charge in [0.05, 0.1) is 17.7 Å². The van der Waals surface area contributed by atoms with Crippen LogP contribution in [0, 0.1) is 19.7 Å². The van der Waals surface area contributed by atoms with Crippen LogP contribution in [0.15, 0.2) is 17.0 Å². The van der Waals surface area contributed by atoms with Crippen LogP contribution in [0.5, 0.6) is 5.75 Å². The standard InChI is InChI=1S/C12H15FN4O3S/c1-6-7(2)15-16-12(6)17-21(18,19)8-4-9(13)11(20-3)10(14)5-8/h4-5H,14H2,1-3H3,(H2,15,16,17). The van der Waals surface area contributed by atoms with E-state index in [0.29, 0.717) is 5.56 Å². The van der Waals surface area contributed by atoms with Crippen molar-refractivity contribution in [3.8, 4) is 5.75 Å². The van der Waals surface area contributed by atoms with Gasteiger partial charge in [-0.05, 0) is 26.0 Å². The van der Waals surface area contributed by atoms with Crippen molar-refractivity contribution in [1.82, 2.24) is 10.2 Å². The number of aromatic amines is 1. The van der Waals surface area contributed by atoms with Crippen LogP contribution in [-0.4, -0.2) is 25.7 Å². The van der Waals surface area contributed by atoms with Gasteiger partial charge < -0.3 is 10.5 Å². The molecule has 0 radical (unpaired) electrons. The number of rotatable bonds is 4.